The lowest BCUT2D eigenvalue weighted by Crippen LogP contribution is -2.29. The number of nitrogens with two attached hydrogens (primary N) is 1. The fourth-order valence-corrected chi connectivity index (χ4v) is 1.18. The molecule has 2 atom stereocenters. The summed E-state index contributed by atoms with van der Waals surface area (Å²) in [5.41, 5.74) is 6.31. The van der Waals surface area contributed by atoms with Gasteiger partial charge in [0.1, 0.15) is 5.76 Å². The number of nitrogens with zero attached hydrogens (tertiary/aromatic N) is 1. The average molecular weight is 195 g/mol. The highest BCUT2D eigenvalue weighted by Gasteiger charge is 2.35. The van der Waals surface area contributed by atoms with Crippen LogP contribution < -0.4 is 11.1 Å². The molecule has 3 N–H and O–H groups in total. The van der Waals surface area contributed by atoms with E-state index < -0.39 is 0 Å². The van der Waals surface area contributed by atoms with Crippen LogP contribution in [-0.2, 0) is 0 Å². The molecule has 1 amide bonds. The van der Waals surface area contributed by atoms with E-state index in [4.69, 9.17) is 10.2 Å². The molecule has 0 saturated heterocycles. The van der Waals surface area contributed by atoms with Crippen LogP contribution in [-0.4, -0.2) is 23.0 Å². The van der Waals surface area contributed by atoms with E-state index in [0.29, 0.717) is 5.76 Å². The van der Waals surface area contributed by atoms with Gasteiger partial charge in [-0.1, -0.05) is 0 Å². The summed E-state index contributed by atoms with van der Waals surface area (Å²) in [4.78, 5) is 15.5. The predicted molar refractivity (Wildman–Crippen MR) is 49.8 cm³/mol. The summed E-state index contributed by atoms with van der Waals surface area (Å²) in [7, 11) is 0. The number of oxazole rings is 1. The summed E-state index contributed by atoms with van der Waals surface area (Å²) in [6.07, 6.45) is 0.838. The molecule has 0 bridgehead atoms. The Balaban J connectivity index is 2.04. The Bertz CT molecular complexity index is 353. The van der Waals surface area contributed by atoms with Crippen LogP contribution in [0.1, 0.15) is 28.6 Å². The second kappa shape index (κ2) is 3.09. The van der Waals surface area contributed by atoms with Crippen LogP contribution in [0.25, 0.3) is 0 Å². The maximum Gasteiger partial charge on any atom is 0.307 e. The average Bonchev–Trinajstić information content (AvgIpc) is 2.68. The van der Waals surface area contributed by atoms with Gasteiger partial charge in [0.15, 0.2) is 0 Å². The highest BCUT2D eigenvalue weighted by Crippen LogP contribution is 2.18. The number of carbonyl (C=O) groups excluding carboxylic acids is 1. The molecule has 0 aromatic carbocycles. The molecule has 5 heteroatoms. The molecular formula is C9H13N3O2. The molecule has 14 heavy (non-hydrogen) atoms. The summed E-state index contributed by atoms with van der Waals surface area (Å²) in [6.45, 7) is 3.58. The number of nitrogens with one attached hydrogen (secondary N) is 1. The summed E-state index contributed by atoms with van der Waals surface area (Å²) < 4.78 is 5.18. The number of rotatable bonds is 2. The normalized spacial score (nSPS) is 24.8. The van der Waals surface area contributed by atoms with E-state index >= 15 is 0 Å². The molecule has 1 aromatic rings. The quantitative estimate of drug-likeness (QED) is 0.702. The lowest BCUT2D eigenvalue weighted by molar-refractivity contribution is 0.0914. The molecule has 5 nitrogen and oxygen atoms in total. The van der Waals surface area contributed by atoms with E-state index in [2.05, 4.69) is 10.3 Å². The van der Waals surface area contributed by atoms with Crippen molar-refractivity contribution in [1.29, 1.82) is 0 Å². The second-order valence-electron chi connectivity index (χ2n) is 3.64. The molecule has 2 unspecified atom stereocenters. The van der Waals surface area contributed by atoms with Gasteiger partial charge in [0, 0.05) is 12.1 Å². The van der Waals surface area contributed by atoms with Gasteiger partial charge in [-0.2, -0.15) is 0 Å². The van der Waals surface area contributed by atoms with Crippen molar-refractivity contribution >= 4 is 5.91 Å². The van der Waals surface area contributed by atoms with Crippen molar-refractivity contribution < 1.29 is 9.21 Å². The number of aromatic nitrogens is 1. The van der Waals surface area contributed by atoms with Gasteiger partial charge in [0.25, 0.3) is 5.89 Å². The lowest BCUT2D eigenvalue weighted by atomic mass is 10.4. The smallest absolute Gasteiger partial charge is 0.307 e. The first-order valence-corrected chi connectivity index (χ1v) is 4.58. The first-order valence-electron chi connectivity index (χ1n) is 4.58. The molecule has 1 heterocycles. The van der Waals surface area contributed by atoms with Gasteiger partial charge in [0.2, 0.25) is 0 Å². The van der Waals surface area contributed by atoms with Crippen LogP contribution >= 0.6 is 0 Å². The third-order valence-electron chi connectivity index (χ3n) is 2.38. The van der Waals surface area contributed by atoms with Gasteiger partial charge >= 0.3 is 5.91 Å². The van der Waals surface area contributed by atoms with Gasteiger partial charge in [-0.15, -0.1) is 0 Å². The van der Waals surface area contributed by atoms with Crippen molar-refractivity contribution in [3.8, 4) is 0 Å². The van der Waals surface area contributed by atoms with E-state index in [1.165, 1.54) is 0 Å². The van der Waals surface area contributed by atoms with Gasteiger partial charge < -0.3 is 15.5 Å². The summed E-state index contributed by atoms with van der Waals surface area (Å²) in [5, 5.41) is 2.74. The first-order chi connectivity index (χ1) is 6.58. The number of carbonyl (C=O) groups is 1. The monoisotopic (exact) mass is 195 g/mol. The molecule has 1 aliphatic carbocycles. The minimum Gasteiger partial charge on any atom is -0.438 e. The Labute approximate surface area is 81.7 Å². The van der Waals surface area contributed by atoms with E-state index in [9.17, 15) is 4.79 Å². The zero-order chi connectivity index (χ0) is 10.3. The molecule has 1 fully saturated rings. The molecule has 1 aliphatic rings. The Morgan fingerprint density at radius 3 is 2.71 bits per heavy atom. The van der Waals surface area contributed by atoms with Gasteiger partial charge in [-0.25, -0.2) is 4.98 Å². The van der Waals surface area contributed by atoms with Crippen LogP contribution in [0, 0.1) is 13.8 Å². The highest BCUT2D eigenvalue weighted by molar-refractivity contribution is 5.90. The highest BCUT2D eigenvalue weighted by atomic mass is 16.4. The van der Waals surface area contributed by atoms with Gasteiger partial charge in [-0.05, 0) is 20.3 Å². The van der Waals surface area contributed by atoms with Crippen LogP contribution in [0.3, 0.4) is 0 Å². The Kier molecular flexibility index (Phi) is 2.03. The molecular weight excluding hydrogens is 182 g/mol. The SMILES string of the molecule is Cc1nc(C(=O)NC2CC2N)oc1C. The minimum absolute atomic E-state index is 0.0926. The minimum atomic E-state index is -0.279. The fraction of sp³-hybridized carbons (Fsp3) is 0.556. The maximum absolute atomic E-state index is 11.5. The second-order valence-corrected chi connectivity index (χ2v) is 3.64. The number of hydrogen-bond acceptors (Lipinski definition) is 4. The molecule has 0 spiro atoms. The molecule has 0 radical (unpaired) electrons. The molecule has 1 aromatic heterocycles. The van der Waals surface area contributed by atoms with E-state index in [0.717, 1.165) is 12.1 Å². The molecule has 1 saturated carbocycles. The Morgan fingerprint density at radius 2 is 2.29 bits per heavy atom. The fourth-order valence-electron chi connectivity index (χ4n) is 1.18. The van der Waals surface area contributed by atoms with E-state index in [1.54, 1.807) is 13.8 Å². The first kappa shape index (κ1) is 9.21. The van der Waals surface area contributed by atoms with Gasteiger partial charge in [0.05, 0.1) is 5.69 Å². The van der Waals surface area contributed by atoms with Gasteiger partial charge in [-0.3, -0.25) is 4.79 Å². The van der Waals surface area contributed by atoms with Crippen LogP contribution in [0.5, 0.6) is 0 Å². The largest absolute Gasteiger partial charge is 0.438 e. The summed E-state index contributed by atoms with van der Waals surface area (Å²) >= 11 is 0. The summed E-state index contributed by atoms with van der Waals surface area (Å²) in [6, 6.07) is 0.186. The van der Waals surface area contributed by atoms with Crippen molar-refractivity contribution in [2.75, 3.05) is 0 Å². The topological polar surface area (TPSA) is 81.2 Å². The van der Waals surface area contributed by atoms with Crippen molar-refractivity contribution in [1.82, 2.24) is 10.3 Å². The van der Waals surface area contributed by atoms with Crippen molar-refractivity contribution in [3.63, 3.8) is 0 Å². The molecule has 76 valence electrons. The van der Waals surface area contributed by atoms with E-state index in [-0.39, 0.29) is 23.9 Å². The number of aryl methyl sites for hydroxylation is 2. The van der Waals surface area contributed by atoms with Crippen molar-refractivity contribution in [3.05, 3.63) is 17.3 Å². The number of amides is 1. The number of hydrogen-bond donors (Lipinski definition) is 2. The standard InChI is InChI=1S/C9H13N3O2/c1-4-5(2)14-9(11-4)8(13)12-7-3-6(7)10/h6-7H,3,10H2,1-2H3,(H,12,13). The van der Waals surface area contributed by atoms with Crippen molar-refractivity contribution in [2.45, 2.75) is 32.4 Å². The third kappa shape index (κ3) is 1.63. The van der Waals surface area contributed by atoms with E-state index in [1.807, 2.05) is 0 Å². The zero-order valence-electron chi connectivity index (χ0n) is 8.20. The van der Waals surface area contributed by atoms with Crippen LogP contribution in [0.15, 0.2) is 4.42 Å². The summed E-state index contributed by atoms with van der Waals surface area (Å²) in [5.74, 6) is 0.522. The van der Waals surface area contributed by atoms with Crippen LogP contribution in [0.4, 0.5) is 0 Å². The lowest BCUT2D eigenvalue weighted by Gasteiger charge is -1.97. The predicted octanol–water partition coefficient (Wildman–Crippen LogP) is 0.121. The third-order valence-corrected chi connectivity index (χ3v) is 2.38. The molecule has 0 aliphatic heterocycles. The van der Waals surface area contributed by atoms with Crippen molar-refractivity contribution in [2.24, 2.45) is 5.73 Å². The van der Waals surface area contributed by atoms with Crippen LogP contribution in [0.2, 0.25) is 0 Å². The zero-order valence-corrected chi connectivity index (χ0v) is 8.20. The maximum atomic E-state index is 11.5. The molecule has 2 rings (SSSR count). The Morgan fingerprint density at radius 1 is 1.64 bits per heavy atom. The Hall–Kier alpha value is -1.36.